The van der Waals surface area contributed by atoms with Crippen LogP contribution in [0.4, 0.5) is 4.79 Å². The number of carbonyl (C=O) groups is 3. The lowest BCUT2D eigenvalue weighted by molar-refractivity contribution is -0.139. The van der Waals surface area contributed by atoms with Crippen molar-refractivity contribution in [2.45, 2.75) is 38.3 Å². The number of primary amides is 1. The number of thioether (sulfide) groups is 1. The fourth-order valence-corrected chi connectivity index (χ4v) is 2.05. The van der Waals surface area contributed by atoms with Gasteiger partial charge in [0.05, 0.1) is 0 Å². The first-order valence-corrected chi connectivity index (χ1v) is 7.72. The highest BCUT2D eigenvalue weighted by Gasteiger charge is 2.23. The van der Waals surface area contributed by atoms with Crippen molar-refractivity contribution in [3.05, 3.63) is 0 Å². The molecular weight excluding hydrogens is 282 g/mol. The summed E-state index contributed by atoms with van der Waals surface area (Å²) in [6.07, 6.45) is 2.72. The molecule has 20 heavy (non-hydrogen) atoms. The zero-order valence-electron chi connectivity index (χ0n) is 12.1. The molecule has 0 aliphatic rings. The van der Waals surface area contributed by atoms with E-state index >= 15 is 0 Å². The largest absolute Gasteiger partial charge is 0.480 e. The van der Waals surface area contributed by atoms with Gasteiger partial charge in [-0.05, 0) is 31.8 Å². The van der Waals surface area contributed by atoms with Gasteiger partial charge in [-0.1, -0.05) is 0 Å². The van der Waals surface area contributed by atoms with E-state index in [-0.39, 0.29) is 18.9 Å². The smallest absolute Gasteiger partial charge is 0.326 e. The van der Waals surface area contributed by atoms with Crippen LogP contribution in [-0.2, 0) is 9.59 Å². The molecule has 0 bridgehead atoms. The first-order valence-electron chi connectivity index (χ1n) is 6.33. The number of amides is 3. The summed E-state index contributed by atoms with van der Waals surface area (Å²) in [5.41, 5.74) is 4.98. The fraction of sp³-hybridized carbons (Fsp3) is 0.750. The van der Waals surface area contributed by atoms with Gasteiger partial charge in [0.15, 0.2) is 0 Å². The Hall–Kier alpha value is -1.44. The minimum Gasteiger partial charge on any atom is -0.480 e. The van der Waals surface area contributed by atoms with Gasteiger partial charge in [-0.2, -0.15) is 11.8 Å². The molecule has 0 aliphatic heterocycles. The van der Waals surface area contributed by atoms with Crippen molar-refractivity contribution in [3.8, 4) is 0 Å². The summed E-state index contributed by atoms with van der Waals surface area (Å²) < 4.78 is 0. The highest BCUT2D eigenvalue weighted by molar-refractivity contribution is 7.98. The first kappa shape index (κ1) is 18.6. The summed E-state index contributed by atoms with van der Waals surface area (Å²) >= 11 is 1.69. The van der Waals surface area contributed by atoms with Crippen LogP contribution in [0.3, 0.4) is 0 Å². The summed E-state index contributed by atoms with van der Waals surface area (Å²) in [6.45, 7) is 1.90. The van der Waals surface area contributed by atoms with E-state index in [0.717, 1.165) is 12.2 Å². The lowest BCUT2D eigenvalue weighted by Gasteiger charge is -2.26. The normalized spacial score (nSPS) is 13.3. The Morgan fingerprint density at radius 3 is 2.40 bits per heavy atom. The van der Waals surface area contributed by atoms with Crippen molar-refractivity contribution in [3.63, 3.8) is 0 Å². The van der Waals surface area contributed by atoms with E-state index in [1.807, 2.05) is 13.2 Å². The molecule has 0 aromatic heterocycles. The molecule has 0 rings (SSSR count). The van der Waals surface area contributed by atoms with Crippen LogP contribution in [0.5, 0.6) is 0 Å². The van der Waals surface area contributed by atoms with Crippen LogP contribution in [0, 0.1) is 0 Å². The van der Waals surface area contributed by atoms with Crippen LogP contribution in [0.25, 0.3) is 0 Å². The third kappa shape index (κ3) is 7.22. The quantitative estimate of drug-likeness (QED) is 0.574. The van der Waals surface area contributed by atoms with E-state index in [4.69, 9.17) is 10.8 Å². The molecule has 0 radical (unpaired) electrons. The summed E-state index contributed by atoms with van der Waals surface area (Å²) in [5.74, 6) is -0.847. The summed E-state index contributed by atoms with van der Waals surface area (Å²) in [6, 6.07) is -1.56. The van der Waals surface area contributed by atoms with Crippen LogP contribution in [0.2, 0.25) is 0 Å². The van der Waals surface area contributed by atoms with Gasteiger partial charge in [-0.15, -0.1) is 0 Å². The molecule has 0 aromatic rings. The molecule has 3 amide bonds. The fourth-order valence-electron chi connectivity index (χ4n) is 1.48. The molecule has 0 aliphatic carbocycles. The van der Waals surface area contributed by atoms with Crippen molar-refractivity contribution in [1.82, 2.24) is 10.2 Å². The van der Waals surface area contributed by atoms with Crippen molar-refractivity contribution >= 4 is 29.7 Å². The molecular formula is C12H23N3O4S. The Bertz CT molecular complexity index is 352. The molecule has 7 nitrogen and oxygen atoms in total. The number of nitrogens with one attached hydrogen (secondary N) is 1. The number of carboxylic acid groups (broad SMARTS) is 1. The number of hydrogen-bond donors (Lipinski definition) is 3. The van der Waals surface area contributed by atoms with Crippen molar-refractivity contribution in [1.29, 1.82) is 0 Å². The number of urea groups is 1. The molecule has 0 saturated carbocycles. The Labute approximate surface area is 123 Å². The van der Waals surface area contributed by atoms with Gasteiger partial charge in [0.2, 0.25) is 5.91 Å². The van der Waals surface area contributed by atoms with E-state index in [0.29, 0.717) is 0 Å². The maximum atomic E-state index is 11.9. The van der Waals surface area contributed by atoms with Crippen LogP contribution in [-0.4, -0.2) is 59.1 Å². The van der Waals surface area contributed by atoms with E-state index in [2.05, 4.69) is 5.32 Å². The lowest BCUT2D eigenvalue weighted by Crippen LogP contribution is -2.49. The number of rotatable bonds is 9. The monoisotopic (exact) mass is 305 g/mol. The van der Waals surface area contributed by atoms with E-state index in [1.54, 1.807) is 18.8 Å². The number of aliphatic carboxylic acids is 1. The summed E-state index contributed by atoms with van der Waals surface area (Å²) in [4.78, 5) is 35.1. The zero-order valence-corrected chi connectivity index (χ0v) is 12.9. The molecule has 0 saturated heterocycles. The second kappa shape index (κ2) is 9.46. The molecule has 0 aromatic carbocycles. The van der Waals surface area contributed by atoms with E-state index in [9.17, 15) is 14.4 Å². The van der Waals surface area contributed by atoms with Gasteiger partial charge in [0.1, 0.15) is 6.04 Å². The molecule has 0 spiro atoms. The summed E-state index contributed by atoms with van der Waals surface area (Å²) in [7, 11) is 1.62. The highest BCUT2D eigenvalue weighted by Crippen LogP contribution is 2.07. The average Bonchev–Trinajstić information content (AvgIpc) is 2.38. The van der Waals surface area contributed by atoms with Gasteiger partial charge >= 0.3 is 12.0 Å². The minimum atomic E-state index is -1.18. The molecule has 1 unspecified atom stereocenters. The number of hydrogen-bond acceptors (Lipinski definition) is 4. The van der Waals surface area contributed by atoms with Gasteiger partial charge in [-0.25, -0.2) is 9.59 Å². The van der Waals surface area contributed by atoms with Crippen molar-refractivity contribution in [2.24, 2.45) is 5.73 Å². The van der Waals surface area contributed by atoms with Crippen LogP contribution in [0.15, 0.2) is 0 Å². The van der Waals surface area contributed by atoms with Gasteiger partial charge in [0.25, 0.3) is 0 Å². The van der Waals surface area contributed by atoms with Crippen LogP contribution < -0.4 is 11.1 Å². The predicted octanol–water partition coefficient (Wildman–Crippen LogP) is 0.488. The van der Waals surface area contributed by atoms with Gasteiger partial charge < -0.3 is 21.1 Å². The Kier molecular flexibility index (Phi) is 8.78. The Balaban J connectivity index is 4.43. The first-order chi connectivity index (χ1) is 9.29. The molecule has 0 heterocycles. The van der Waals surface area contributed by atoms with E-state index < -0.39 is 23.9 Å². The molecule has 8 heteroatoms. The second-order valence-electron chi connectivity index (χ2n) is 4.59. The van der Waals surface area contributed by atoms with Crippen LogP contribution in [0.1, 0.15) is 26.2 Å². The number of carbonyl (C=O) groups excluding carboxylic acids is 2. The topological polar surface area (TPSA) is 113 Å². The second-order valence-corrected chi connectivity index (χ2v) is 5.57. The van der Waals surface area contributed by atoms with Crippen molar-refractivity contribution < 1.29 is 19.5 Å². The Morgan fingerprint density at radius 1 is 1.35 bits per heavy atom. The molecule has 4 N–H and O–H groups in total. The maximum absolute atomic E-state index is 11.9. The van der Waals surface area contributed by atoms with Gasteiger partial charge in [0, 0.05) is 19.5 Å². The zero-order chi connectivity index (χ0) is 15.7. The third-order valence-corrected chi connectivity index (χ3v) is 3.64. The minimum absolute atomic E-state index is 0.00744. The van der Waals surface area contributed by atoms with E-state index in [1.165, 1.54) is 4.90 Å². The molecule has 116 valence electrons. The number of nitrogens with two attached hydrogens (primary N) is 1. The van der Waals surface area contributed by atoms with Crippen molar-refractivity contribution in [2.75, 3.05) is 19.1 Å². The lowest BCUT2D eigenvalue weighted by atomic mass is 10.1. The Morgan fingerprint density at radius 2 is 1.95 bits per heavy atom. The predicted molar refractivity (Wildman–Crippen MR) is 78.6 cm³/mol. The highest BCUT2D eigenvalue weighted by atomic mass is 32.2. The van der Waals surface area contributed by atoms with Gasteiger partial charge in [-0.3, -0.25) is 4.79 Å². The SMILES string of the molecule is CSCCC(C)N(C)C(=O)N[C@H](CCC(N)=O)C(=O)O. The standard InChI is InChI=1S/C12H23N3O4S/c1-8(6-7-20-3)15(2)12(19)14-9(11(17)18)4-5-10(13)16/h8-9H,4-7H2,1-3H3,(H2,13,16)(H,14,19)(H,17,18)/t8?,9-/m1/s1. The number of carboxylic acids is 1. The molecule has 0 fully saturated rings. The molecule has 2 atom stereocenters. The van der Waals surface area contributed by atoms with Crippen LogP contribution >= 0.6 is 11.8 Å². The maximum Gasteiger partial charge on any atom is 0.326 e. The summed E-state index contributed by atoms with van der Waals surface area (Å²) in [5, 5.41) is 11.4. The third-order valence-electron chi connectivity index (χ3n) is 3.00. The average molecular weight is 305 g/mol. The number of nitrogens with zero attached hydrogens (tertiary/aromatic N) is 1.